The molecule has 2 atom stereocenters. The van der Waals surface area contributed by atoms with E-state index in [0.29, 0.717) is 12.5 Å². The molecule has 1 fully saturated rings. The third kappa shape index (κ3) is 4.78. The predicted molar refractivity (Wildman–Crippen MR) is 81.9 cm³/mol. The minimum Gasteiger partial charge on any atom is -0.381 e. The Hall–Kier alpha value is -1.10. The fourth-order valence-electron chi connectivity index (χ4n) is 2.25. The maximum atomic E-state index is 12.0. The van der Waals surface area contributed by atoms with E-state index in [1.165, 1.54) is 0 Å². The van der Waals surface area contributed by atoms with Gasteiger partial charge in [-0.1, -0.05) is 29.8 Å². The van der Waals surface area contributed by atoms with Crippen molar-refractivity contribution in [2.24, 2.45) is 11.7 Å². The number of nitrogens with two attached hydrogens (primary N) is 1. The largest absolute Gasteiger partial charge is 0.381 e. The van der Waals surface area contributed by atoms with Gasteiger partial charge in [0.05, 0.1) is 6.61 Å². The van der Waals surface area contributed by atoms with Crippen LogP contribution in [-0.2, 0) is 9.53 Å². The van der Waals surface area contributed by atoms with Crippen molar-refractivity contribution >= 4 is 18.3 Å². The van der Waals surface area contributed by atoms with Gasteiger partial charge in [-0.15, -0.1) is 12.4 Å². The van der Waals surface area contributed by atoms with Gasteiger partial charge in [-0.05, 0) is 31.2 Å². The van der Waals surface area contributed by atoms with E-state index in [0.717, 1.165) is 37.2 Å². The van der Waals surface area contributed by atoms with Crippen molar-refractivity contribution in [2.45, 2.75) is 25.8 Å². The van der Waals surface area contributed by atoms with Gasteiger partial charge in [0.2, 0.25) is 5.91 Å². The molecule has 0 spiro atoms. The summed E-state index contributed by atoms with van der Waals surface area (Å²) < 4.78 is 5.39. The van der Waals surface area contributed by atoms with Crippen molar-refractivity contribution in [1.29, 1.82) is 0 Å². The van der Waals surface area contributed by atoms with Gasteiger partial charge in [-0.2, -0.15) is 0 Å². The minimum absolute atomic E-state index is 0. The van der Waals surface area contributed by atoms with Crippen LogP contribution in [0.5, 0.6) is 0 Å². The Morgan fingerprint density at radius 1 is 1.45 bits per heavy atom. The zero-order valence-corrected chi connectivity index (χ0v) is 12.6. The van der Waals surface area contributed by atoms with Crippen molar-refractivity contribution in [3.05, 3.63) is 35.4 Å². The fourth-order valence-corrected chi connectivity index (χ4v) is 2.25. The molecule has 0 aliphatic carbocycles. The SMILES string of the molecule is Cc1ccc(C(N)C(=O)NCC2CCCOC2)cc1.Cl. The molecule has 1 aromatic carbocycles. The summed E-state index contributed by atoms with van der Waals surface area (Å²) >= 11 is 0. The van der Waals surface area contributed by atoms with E-state index in [-0.39, 0.29) is 18.3 Å². The topological polar surface area (TPSA) is 64.4 Å². The zero-order valence-electron chi connectivity index (χ0n) is 11.8. The van der Waals surface area contributed by atoms with E-state index in [9.17, 15) is 4.79 Å². The Bertz CT molecular complexity index is 416. The Morgan fingerprint density at radius 3 is 2.75 bits per heavy atom. The number of carbonyl (C=O) groups excluding carboxylic acids is 1. The summed E-state index contributed by atoms with van der Waals surface area (Å²) in [6.07, 6.45) is 2.19. The highest BCUT2D eigenvalue weighted by Gasteiger charge is 2.18. The molecule has 0 aromatic heterocycles. The molecule has 2 unspecified atom stereocenters. The summed E-state index contributed by atoms with van der Waals surface area (Å²) in [6, 6.07) is 7.16. The summed E-state index contributed by atoms with van der Waals surface area (Å²) in [5, 5.41) is 2.92. The molecule has 112 valence electrons. The second-order valence-electron chi connectivity index (χ2n) is 5.22. The van der Waals surface area contributed by atoms with Gasteiger partial charge >= 0.3 is 0 Å². The van der Waals surface area contributed by atoms with Crippen molar-refractivity contribution in [3.63, 3.8) is 0 Å². The number of carbonyl (C=O) groups is 1. The van der Waals surface area contributed by atoms with Crippen molar-refractivity contribution in [3.8, 4) is 0 Å². The number of ether oxygens (including phenoxy) is 1. The average molecular weight is 299 g/mol. The summed E-state index contributed by atoms with van der Waals surface area (Å²) in [4.78, 5) is 12.0. The fraction of sp³-hybridized carbons (Fsp3) is 0.533. The van der Waals surface area contributed by atoms with E-state index in [1.54, 1.807) is 0 Å². The number of aryl methyl sites for hydroxylation is 1. The van der Waals surface area contributed by atoms with Crippen LogP contribution in [0.1, 0.15) is 30.0 Å². The molecule has 1 aliphatic heterocycles. The average Bonchev–Trinajstić information content (AvgIpc) is 2.46. The molecule has 1 aromatic rings. The van der Waals surface area contributed by atoms with E-state index in [2.05, 4.69) is 5.32 Å². The molecule has 1 aliphatic rings. The monoisotopic (exact) mass is 298 g/mol. The molecule has 1 heterocycles. The third-order valence-corrected chi connectivity index (χ3v) is 3.54. The highest BCUT2D eigenvalue weighted by Crippen LogP contribution is 2.14. The Morgan fingerprint density at radius 2 is 2.15 bits per heavy atom. The van der Waals surface area contributed by atoms with Crippen LogP contribution in [-0.4, -0.2) is 25.7 Å². The van der Waals surface area contributed by atoms with Crippen LogP contribution in [0.3, 0.4) is 0 Å². The molecule has 1 amide bonds. The van der Waals surface area contributed by atoms with Gasteiger partial charge < -0.3 is 15.8 Å². The first-order valence-electron chi connectivity index (χ1n) is 6.84. The van der Waals surface area contributed by atoms with Crippen LogP contribution in [0.2, 0.25) is 0 Å². The maximum absolute atomic E-state index is 12.0. The van der Waals surface area contributed by atoms with E-state index in [4.69, 9.17) is 10.5 Å². The first-order chi connectivity index (χ1) is 9.16. The molecule has 4 nitrogen and oxygen atoms in total. The zero-order chi connectivity index (χ0) is 13.7. The number of rotatable bonds is 4. The van der Waals surface area contributed by atoms with Crippen LogP contribution in [0.25, 0.3) is 0 Å². The molecular formula is C15H23ClN2O2. The first kappa shape index (κ1) is 17.0. The molecule has 0 bridgehead atoms. The van der Waals surface area contributed by atoms with Gasteiger partial charge in [-0.25, -0.2) is 0 Å². The molecule has 1 saturated heterocycles. The Labute approximate surface area is 126 Å². The van der Waals surface area contributed by atoms with E-state index < -0.39 is 6.04 Å². The predicted octanol–water partition coefficient (Wildman–Crippen LogP) is 1.96. The van der Waals surface area contributed by atoms with E-state index >= 15 is 0 Å². The van der Waals surface area contributed by atoms with Crippen LogP contribution in [0.15, 0.2) is 24.3 Å². The second kappa shape index (κ2) is 8.25. The summed E-state index contributed by atoms with van der Waals surface area (Å²) in [7, 11) is 0. The number of benzene rings is 1. The van der Waals surface area contributed by atoms with Crippen LogP contribution in [0, 0.1) is 12.8 Å². The van der Waals surface area contributed by atoms with E-state index in [1.807, 2.05) is 31.2 Å². The lowest BCUT2D eigenvalue weighted by Gasteiger charge is -2.23. The maximum Gasteiger partial charge on any atom is 0.241 e. The molecule has 0 radical (unpaired) electrons. The Balaban J connectivity index is 0.00000200. The first-order valence-corrected chi connectivity index (χ1v) is 6.84. The second-order valence-corrected chi connectivity index (χ2v) is 5.22. The summed E-state index contributed by atoms with van der Waals surface area (Å²) in [5.41, 5.74) is 7.97. The number of nitrogens with one attached hydrogen (secondary N) is 1. The lowest BCUT2D eigenvalue weighted by molar-refractivity contribution is -0.122. The van der Waals surface area contributed by atoms with Crippen molar-refractivity contribution in [2.75, 3.05) is 19.8 Å². The van der Waals surface area contributed by atoms with Crippen LogP contribution < -0.4 is 11.1 Å². The van der Waals surface area contributed by atoms with Gasteiger partial charge in [0.25, 0.3) is 0 Å². The molecule has 20 heavy (non-hydrogen) atoms. The van der Waals surface area contributed by atoms with Crippen LogP contribution >= 0.6 is 12.4 Å². The van der Waals surface area contributed by atoms with Crippen LogP contribution in [0.4, 0.5) is 0 Å². The van der Waals surface area contributed by atoms with Crippen molar-refractivity contribution < 1.29 is 9.53 Å². The number of hydrogen-bond acceptors (Lipinski definition) is 3. The lowest BCUT2D eigenvalue weighted by Crippen LogP contribution is -2.38. The normalized spacial score (nSPS) is 19.8. The summed E-state index contributed by atoms with van der Waals surface area (Å²) in [5.74, 6) is 0.303. The standard InChI is InChI=1S/C15H22N2O2.ClH/c1-11-4-6-13(7-5-11)14(16)15(18)17-9-12-3-2-8-19-10-12;/h4-7,12,14H,2-3,8-10,16H2,1H3,(H,17,18);1H. The molecule has 2 rings (SSSR count). The van der Waals surface area contributed by atoms with Crippen molar-refractivity contribution in [1.82, 2.24) is 5.32 Å². The number of halogens is 1. The number of hydrogen-bond donors (Lipinski definition) is 2. The quantitative estimate of drug-likeness (QED) is 0.893. The highest BCUT2D eigenvalue weighted by molar-refractivity contribution is 5.85. The smallest absolute Gasteiger partial charge is 0.241 e. The molecule has 5 heteroatoms. The third-order valence-electron chi connectivity index (χ3n) is 3.54. The Kier molecular flexibility index (Phi) is 6.99. The van der Waals surface area contributed by atoms with Gasteiger partial charge in [-0.3, -0.25) is 4.79 Å². The molecule has 3 N–H and O–H groups in total. The molecule has 0 saturated carbocycles. The van der Waals surface area contributed by atoms with Gasteiger partial charge in [0.15, 0.2) is 0 Å². The molecular weight excluding hydrogens is 276 g/mol. The van der Waals surface area contributed by atoms with Gasteiger partial charge in [0, 0.05) is 13.2 Å². The summed E-state index contributed by atoms with van der Waals surface area (Å²) in [6.45, 7) is 4.24. The minimum atomic E-state index is -0.592. The number of amides is 1. The van der Waals surface area contributed by atoms with Gasteiger partial charge in [0.1, 0.15) is 6.04 Å². The highest BCUT2D eigenvalue weighted by atomic mass is 35.5. The lowest BCUT2D eigenvalue weighted by atomic mass is 10.0.